The molecular weight excluding hydrogens is 236 g/mol. The van der Waals surface area contributed by atoms with E-state index in [-0.39, 0.29) is 0 Å². The summed E-state index contributed by atoms with van der Waals surface area (Å²) < 4.78 is 0. The van der Waals surface area contributed by atoms with Gasteiger partial charge in [0, 0.05) is 0 Å². The highest BCUT2D eigenvalue weighted by Crippen LogP contribution is 2.43. The molecule has 0 unspecified atom stereocenters. The van der Waals surface area contributed by atoms with E-state index in [1.165, 1.54) is 12.8 Å². The summed E-state index contributed by atoms with van der Waals surface area (Å²) in [7, 11) is 0. The van der Waals surface area contributed by atoms with Crippen LogP contribution in [-0.4, -0.2) is 11.1 Å². The third kappa shape index (κ3) is 3.37. The van der Waals surface area contributed by atoms with Crippen molar-refractivity contribution in [2.75, 3.05) is 0 Å². The highest BCUT2D eigenvalue weighted by molar-refractivity contribution is 5.75. The molecule has 1 N–H and O–H groups in total. The maximum Gasteiger partial charge on any atom is 0.309 e. The lowest BCUT2D eigenvalue weighted by molar-refractivity contribution is -0.151. The molecule has 1 aliphatic carbocycles. The predicted molar refractivity (Wildman–Crippen MR) is 77.1 cm³/mol. The molecule has 1 aromatic carbocycles. The first-order valence-corrected chi connectivity index (χ1v) is 7.43. The van der Waals surface area contributed by atoms with E-state index in [4.69, 9.17) is 0 Å². The zero-order valence-electron chi connectivity index (χ0n) is 11.8. The maximum atomic E-state index is 11.7. The van der Waals surface area contributed by atoms with Gasteiger partial charge in [-0.3, -0.25) is 4.79 Å². The van der Waals surface area contributed by atoms with Crippen LogP contribution < -0.4 is 0 Å². The Kier molecular flexibility index (Phi) is 4.62. The van der Waals surface area contributed by atoms with E-state index in [1.54, 1.807) is 0 Å². The molecule has 104 valence electrons. The molecule has 1 aliphatic rings. The summed E-state index contributed by atoms with van der Waals surface area (Å²) in [6.45, 7) is 2.21. The molecule has 0 amide bonds. The number of benzene rings is 1. The lowest BCUT2D eigenvalue weighted by Crippen LogP contribution is -2.37. The molecule has 0 spiro atoms. The van der Waals surface area contributed by atoms with Crippen LogP contribution >= 0.6 is 0 Å². The standard InChI is InChI=1S/C17H24O2/c1-2-6-14-9-11-17(12-10-14,16(18)19)13-15-7-4-3-5-8-15/h3-5,7-8,14H,2,6,9-13H2,1H3,(H,18,19). The first-order chi connectivity index (χ1) is 9.16. The third-order valence-corrected chi connectivity index (χ3v) is 4.60. The molecule has 0 bridgehead atoms. The third-order valence-electron chi connectivity index (χ3n) is 4.60. The van der Waals surface area contributed by atoms with Gasteiger partial charge in [-0.15, -0.1) is 0 Å². The fraction of sp³-hybridized carbons (Fsp3) is 0.588. The van der Waals surface area contributed by atoms with Gasteiger partial charge in [0.2, 0.25) is 0 Å². The average molecular weight is 260 g/mol. The van der Waals surface area contributed by atoms with Crippen molar-refractivity contribution in [1.29, 1.82) is 0 Å². The van der Waals surface area contributed by atoms with Crippen LogP contribution in [0.25, 0.3) is 0 Å². The van der Waals surface area contributed by atoms with Crippen LogP contribution in [-0.2, 0) is 11.2 Å². The van der Waals surface area contributed by atoms with Gasteiger partial charge < -0.3 is 5.11 Å². The van der Waals surface area contributed by atoms with Crippen molar-refractivity contribution >= 4 is 5.97 Å². The number of rotatable bonds is 5. The highest BCUT2D eigenvalue weighted by Gasteiger charge is 2.41. The Morgan fingerprint density at radius 1 is 1.26 bits per heavy atom. The number of carbonyl (C=O) groups is 1. The lowest BCUT2D eigenvalue weighted by atomic mass is 9.67. The first kappa shape index (κ1) is 14.1. The molecule has 2 rings (SSSR count). The first-order valence-electron chi connectivity index (χ1n) is 7.43. The number of hydrogen-bond acceptors (Lipinski definition) is 1. The van der Waals surface area contributed by atoms with Crippen molar-refractivity contribution in [2.45, 2.75) is 51.9 Å². The molecule has 2 heteroatoms. The van der Waals surface area contributed by atoms with Crippen molar-refractivity contribution in [3.05, 3.63) is 35.9 Å². The van der Waals surface area contributed by atoms with Crippen molar-refractivity contribution < 1.29 is 9.90 Å². The zero-order valence-corrected chi connectivity index (χ0v) is 11.8. The summed E-state index contributed by atoms with van der Waals surface area (Å²) in [6, 6.07) is 10.1. The minimum atomic E-state index is -0.605. The Hall–Kier alpha value is -1.31. The van der Waals surface area contributed by atoms with Gasteiger partial charge in [0.15, 0.2) is 0 Å². The number of carboxylic acids is 1. The molecular formula is C17H24O2. The van der Waals surface area contributed by atoms with Gasteiger partial charge in [-0.2, -0.15) is 0 Å². The van der Waals surface area contributed by atoms with Gasteiger partial charge in [-0.05, 0) is 43.6 Å². The normalized spacial score (nSPS) is 27.1. The fourth-order valence-corrected chi connectivity index (χ4v) is 3.38. The number of carboxylic acid groups (broad SMARTS) is 1. The minimum Gasteiger partial charge on any atom is -0.481 e. The van der Waals surface area contributed by atoms with Crippen LogP contribution in [0.3, 0.4) is 0 Å². The molecule has 0 radical (unpaired) electrons. The monoisotopic (exact) mass is 260 g/mol. The van der Waals surface area contributed by atoms with Crippen molar-refractivity contribution in [2.24, 2.45) is 11.3 Å². The minimum absolute atomic E-state index is 0.522. The summed E-state index contributed by atoms with van der Waals surface area (Å²) in [5.74, 6) is 0.138. The SMILES string of the molecule is CCCC1CCC(Cc2ccccc2)(C(=O)O)CC1. The molecule has 19 heavy (non-hydrogen) atoms. The molecule has 1 fully saturated rings. The Bertz CT molecular complexity index is 403. The van der Waals surface area contributed by atoms with Crippen LogP contribution in [0.15, 0.2) is 30.3 Å². The highest BCUT2D eigenvalue weighted by atomic mass is 16.4. The van der Waals surface area contributed by atoms with Crippen molar-refractivity contribution in [3.8, 4) is 0 Å². The Morgan fingerprint density at radius 3 is 2.42 bits per heavy atom. The fourth-order valence-electron chi connectivity index (χ4n) is 3.38. The Morgan fingerprint density at radius 2 is 1.89 bits per heavy atom. The van der Waals surface area contributed by atoms with Crippen LogP contribution in [0.4, 0.5) is 0 Å². The molecule has 0 saturated heterocycles. The quantitative estimate of drug-likeness (QED) is 0.857. The number of hydrogen-bond donors (Lipinski definition) is 1. The van der Waals surface area contributed by atoms with Gasteiger partial charge in [0.1, 0.15) is 0 Å². The van der Waals surface area contributed by atoms with Gasteiger partial charge in [-0.1, -0.05) is 50.1 Å². The molecule has 0 heterocycles. The van der Waals surface area contributed by atoms with Crippen molar-refractivity contribution in [1.82, 2.24) is 0 Å². The van der Waals surface area contributed by atoms with E-state index in [0.29, 0.717) is 6.42 Å². The summed E-state index contributed by atoms with van der Waals surface area (Å²) in [5, 5.41) is 9.67. The maximum absolute atomic E-state index is 11.7. The number of aliphatic carboxylic acids is 1. The zero-order chi connectivity index (χ0) is 13.7. The molecule has 0 aliphatic heterocycles. The van der Waals surface area contributed by atoms with Crippen LogP contribution in [0.1, 0.15) is 51.0 Å². The largest absolute Gasteiger partial charge is 0.481 e. The van der Waals surface area contributed by atoms with Gasteiger partial charge in [0.25, 0.3) is 0 Å². The summed E-state index contributed by atoms with van der Waals surface area (Å²) in [5.41, 5.74) is 0.629. The van der Waals surface area contributed by atoms with Crippen LogP contribution in [0.5, 0.6) is 0 Å². The molecule has 0 atom stereocenters. The van der Waals surface area contributed by atoms with Crippen molar-refractivity contribution in [3.63, 3.8) is 0 Å². The van der Waals surface area contributed by atoms with E-state index in [9.17, 15) is 9.90 Å². The van der Waals surface area contributed by atoms with E-state index in [2.05, 4.69) is 6.92 Å². The van der Waals surface area contributed by atoms with Gasteiger partial charge in [-0.25, -0.2) is 0 Å². The second-order valence-corrected chi connectivity index (χ2v) is 5.98. The molecule has 0 aromatic heterocycles. The molecule has 2 nitrogen and oxygen atoms in total. The van der Waals surface area contributed by atoms with E-state index in [1.807, 2.05) is 30.3 Å². The van der Waals surface area contributed by atoms with E-state index in [0.717, 1.165) is 37.2 Å². The summed E-state index contributed by atoms with van der Waals surface area (Å²) >= 11 is 0. The Labute approximate surface area is 115 Å². The van der Waals surface area contributed by atoms with Crippen LogP contribution in [0, 0.1) is 11.3 Å². The van der Waals surface area contributed by atoms with Gasteiger partial charge >= 0.3 is 5.97 Å². The second-order valence-electron chi connectivity index (χ2n) is 5.98. The molecule has 1 aromatic rings. The topological polar surface area (TPSA) is 37.3 Å². The molecule has 1 saturated carbocycles. The van der Waals surface area contributed by atoms with E-state index < -0.39 is 11.4 Å². The smallest absolute Gasteiger partial charge is 0.309 e. The lowest BCUT2D eigenvalue weighted by Gasteiger charge is -2.37. The van der Waals surface area contributed by atoms with Gasteiger partial charge in [0.05, 0.1) is 5.41 Å². The van der Waals surface area contributed by atoms with E-state index >= 15 is 0 Å². The second kappa shape index (κ2) is 6.23. The average Bonchev–Trinajstić information content (AvgIpc) is 2.42. The Balaban J connectivity index is 2.06. The van der Waals surface area contributed by atoms with Crippen LogP contribution in [0.2, 0.25) is 0 Å². The summed E-state index contributed by atoms with van der Waals surface area (Å²) in [4.78, 5) is 11.7. The predicted octanol–water partition coefficient (Wildman–Crippen LogP) is 4.29. The summed E-state index contributed by atoms with van der Waals surface area (Å²) in [6.07, 6.45) is 6.97.